The van der Waals surface area contributed by atoms with Gasteiger partial charge in [-0.3, -0.25) is 4.79 Å². The molecule has 1 aliphatic rings. The Bertz CT molecular complexity index is 745. The maximum atomic E-state index is 12.1. The number of halogens is 1. The van der Waals surface area contributed by atoms with Crippen LogP contribution < -0.4 is 10.2 Å². The van der Waals surface area contributed by atoms with Crippen LogP contribution in [0.1, 0.15) is 23.5 Å². The van der Waals surface area contributed by atoms with Gasteiger partial charge in [0.1, 0.15) is 5.75 Å². The van der Waals surface area contributed by atoms with Crippen LogP contribution in [0, 0.1) is 5.92 Å². The number of hydrogen-bond donors (Lipinski definition) is 1. The molecule has 2 aromatic rings. The fraction of sp³-hybridized carbons (Fsp3) is 0.222. The Morgan fingerprint density at radius 2 is 2.13 bits per heavy atom. The SMILES string of the molecule is COc1cccc(/C=N/NC(=O)C2CC2c2cccc(Cl)c2)c1. The Balaban J connectivity index is 1.55. The number of methoxy groups -OCH3 is 1. The maximum Gasteiger partial charge on any atom is 0.243 e. The Kier molecular flexibility index (Phi) is 4.63. The van der Waals surface area contributed by atoms with E-state index >= 15 is 0 Å². The lowest BCUT2D eigenvalue weighted by atomic mass is 10.1. The topological polar surface area (TPSA) is 50.7 Å². The van der Waals surface area contributed by atoms with Gasteiger partial charge in [0.15, 0.2) is 0 Å². The summed E-state index contributed by atoms with van der Waals surface area (Å²) >= 11 is 5.99. The molecule has 1 amide bonds. The zero-order chi connectivity index (χ0) is 16.2. The number of nitrogens with zero attached hydrogens (tertiary/aromatic N) is 1. The van der Waals surface area contributed by atoms with Crippen LogP contribution in [0.2, 0.25) is 5.02 Å². The number of amides is 1. The predicted molar refractivity (Wildman–Crippen MR) is 91.0 cm³/mol. The summed E-state index contributed by atoms with van der Waals surface area (Å²) in [4.78, 5) is 12.1. The lowest BCUT2D eigenvalue weighted by Crippen LogP contribution is -2.20. The minimum absolute atomic E-state index is 0.0315. The summed E-state index contributed by atoms with van der Waals surface area (Å²) in [5.41, 5.74) is 4.58. The molecule has 0 bridgehead atoms. The van der Waals surface area contributed by atoms with E-state index in [-0.39, 0.29) is 17.7 Å². The summed E-state index contributed by atoms with van der Waals surface area (Å²) < 4.78 is 5.14. The highest BCUT2D eigenvalue weighted by atomic mass is 35.5. The fourth-order valence-corrected chi connectivity index (χ4v) is 2.76. The second-order valence-electron chi connectivity index (χ2n) is 5.51. The first-order chi connectivity index (χ1) is 11.2. The molecule has 0 saturated heterocycles. The van der Waals surface area contributed by atoms with Crippen LogP contribution in [0.5, 0.6) is 5.75 Å². The summed E-state index contributed by atoms with van der Waals surface area (Å²) in [5, 5.41) is 4.72. The summed E-state index contributed by atoms with van der Waals surface area (Å²) in [6.45, 7) is 0. The van der Waals surface area contributed by atoms with E-state index in [1.54, 1.807) is 13.3 Å². The van der Waals surface area contributed by atoms with Crippen LogP contribution >= 0.6 is 11.6 Å². The third-order valence-electron chi connectivity index (χ3n) is 3.89. The number of hydrazone groups is 1. The standard InChI is InChI=1S/C18H17ClN2O2/c1-23-15-7-2-4-12(8-15)11-20-21-18(22)17-10-16(17)13-5-3-6-14(19)9-13/h2-9,11,16-17H,10H2,1H3,(H,21,22)/b20-11+. The lowest BCUT2D eigenvalue weighted by Gasteiger charge is -2.02. The van der Waals surface area contributed by atoms with E-state index in [0.29, 0.717) is 5.02 Å². The average molecular weight is 329 g/mol. The van der Waals surface area contributed by atoms with Crippen molar-refractivity contribution in [2.45, 2.75) is 12.3 Å². The van der Waals surface area contributed by atoms with Crippen molar-refractivity contribution in [3.05, 3.63) is 64.7 Å². The summed E-state index contributed by atoms with van der Waals surface area (Å²) in [7, 11) is 1.61. The molecule has 118 valence electrons. The van der Waals surface area contributed by atoms with E-state index < -0.39 is 0 Å². The van der Waals surface area contributed by atoms with Gasteiger partial charge in [0.25, 0.3) is 0 Å². The Labute approximate surface area is 140 Å². The van der Waals surface area contributed by atoms with E-state index in [2.05, 4.69) is 10.5 Å². The van der Waals surface area contributed by atoms with Crippen LogP contribution in [-0.4, -0.2) is 19.2 Å². The molecule has 1 N–H and O–H groups in total. The smallest absolute Gasteiger partial charge is 0.243 e. The van der Waals surface area contributed by atoms with Gasteiger partial charge in [-0.2, -0.15) is 5.10 Å². The highest BCUT2D eigenvalue weighted by Crippen LogP contribution is 2.47. The van der Waals surface area contributed by atoms with Crippen LogP contribution in [0.25, 0.3) is 0 Å². The minimum Gasteiger partial charge on any atom is -0.497 e. The number of carbonyl (C=O) groups is 1. The number of nitrogens with one attached hydrogen (secondary N) is 1. The van der Waals surface area contributed by atoms with E-state index in [1.165, 1.54) is 0 Å². The van der Waals surface area contributed by atoms with Crippen LogP contribution in [-0.2, 0) is 4.79 Å². The first-order valence-electron chi connectivity index (χ1n) is 7.40. The van der Waals surface area contributed by atoms with E-state index in [9.17, 15) is 4.79 Å². The van der Waals surface area contributed by atoms with Gasteiger partial charge in [0.05, 0.1) is 13.3 Å². The summed E-state index contributed by atoms with van der Waals surface area (Å²) in [6.07, 6.45) is 2.44. The van der Waals surface area contributed by atoms with Crippen LogP contribution in [0.4, 0.5) is 0 Å². The molecule has 1 saturated carbocycles. The van der Waals surface area contributed by atoms with Gasteiger partial charge in [0.2, 0.25) is 5.91 Å². The van der Waals surface area contributed by atoms with Crippen molar-refractivity contribution in [1.82, 2.24) is 5.43 Å². The zero-order valence-electron chi connectivity index (χ0n) is 12.7. The lowest BCUT2D eigenvalue weighted by molar-refractivity contribution is -0.122. The van der Waals surface area contributed by atoms with Crippen molar-refractivity contribution < 1.29 is 9.53 Å². The van der Waals surface area contributed by atoms with Crippen molar-refractivity contribution >= 4 is 23.7 Å². The van der Waals surface area contributed by atoms with Crippen molar-refractivity contribution in [3.63, 3.8) is 0 Å². The molecule has 5 heteroatoms. The van der Waals surface area contributed by atoms with Gasteiger partial charge in [-0.1, -0.05) is 35.9 Å². The van der Waals surface area contributed by atoms with Gasteiger partial charge < -0.3 is 4.74 Å². The molecular weight excluding hydrogens is 312 g/mol. The highest BCUT2D eigenvalue weighted by Gasteiger charge is 2.43. The number of benzene rings is 2. The van der Waals surface area contributed by atoms with Gasteiger partial charge >= 0.3 is 0 Å². The molecule has 0 radical (unpaired) electrons. The number of carbonyl (C=O) groups excluding carboxylic acids is 1. The van der Waals surface area contributed by atoms with Crippen molar-refractivity contribution in [2.24, 2.45) is 11.0 Å². The van der Waals surface area contributed by atoms with Crippen LogP contribution in [0.3, 0.4) is 0 Å². The first-order valence-corrected chi connectivity index (χ1v) is 7.77. The molecule has 3 rings (SSSR count). The third kappa shape index (κ3) is 3.90. The van der Waals surface area contributed by atoms with Crippen molar-refractivity contribution in [1.29, 1.82) is 0 Å². The summed E-state index contributed by atoms with van der Waals surface area (Å²) in [6, 6.07) is 15.1. The van der Waals surface area contributed by atoms with Gasteiger partial charge in [-0.25, -0.2) is 5.43 Å². The normalized spacial score (nSPS) is 19.6. The number of rotatable bonds is 5. The molecule has 4 nitrogen and oxygen atoms in total. The van der Waals surface area contributed by atoms with Gasteiger partial charge in [0, 0.05) is 10.9 Å². The zero-order valence-corrected chi connectivity index (χ0v) is 13.5. The van der Waals surface area contributed by atoms with E-state index in [0.717, 1.165) is 23.3 Å². The Hall–Kier alpha value is -2.33. The molecule has 1 fully saturated rings. The van der Waals surface area contributed by atoms with Crippen molar-refractivity contribution in [2.75, 3.05) is 7.11 Å². The van der Waals surface area contributed by atoms with Crippen molar-refractivity contribution in [3.8, 4) is 5.75 Å². The fourth-order valence-electron chi connectivity index (χ4n) is 2.57. The first kappa shape index (κ1) is 15.6. The quantitative estimate of drug-likeness (QED) is 0.673. The Morgan fingerprint density at radius 1 is 1.30 bits per heavy atom. The molecule has 0 aliphatic heterocycles. The van der Waals surface area contributed by atoms with Gasteiger partial charge in [-0.15, -0.1) is 0 Å². The monoisotopic (exact) mass is 328 g/mol. The molecular formula is C18H17ClN2O2. The predicted octanol–water partition coefficient (Wildman–Crippen LogP) is 3.60. The van der Waals surface area contributed by atoms with Gasteiger partial charge in [-0.05, 0) is 47.7 Å². The maximum absolute atomic E-state index is 12.1. The van der Waals surface area contributed by atoms with E-state index in [1.807, 2.05) is 48.5 Å². The highest BCUT2D eigenvalue weighted by molar-refractivity contribution is 6.30. The molecule has 23 heavy (non-hydrogen) atoms. The molecule has 2 unspecified atom stereocenters. The molecule has 2 aromatic carbocycles. The molecule has 0 aromatic heterocycles. The third-order valence-corrected chi connectivity index (χ3v) is 4.12. The number of hydrogen-bond acceptors (Lipinski definition) is 3. The van der Waals surface area contributed by atoms with E-state index in [4.69, 9.17) is 16.3 Å². The largest absolute Gasteiger partial charge is 0.497 e. The molecule has 2 atom stereocenters. The number of ether oxygens (including phenoxy) is 1. The second kappa shape index (κ2) is 6.84. The Morgan fingerprint density at radius 3 is 2.91 bits per heavy atom. The molecule has 1 aliphatic carbocycles. The average Bonchev–Trinajstić information content (AvgIpc) is 3.36. The molecule has 0 spiro atoms. The second-order valence-corrected chi connectivity index (χ2v) is 5.95. The minimum atomic E-state index is -0.0610. The van der Waals surface area contributed by atoms with Crippen LogP contribution in [0.15, 0.2) is 53.6 Å². The summed E-state index contributed by atoms with van der Waals surface area (Å²) in [5.74, 6) is 0.897. The molecule has 0 heterocycles.